The van der Waals surface area contributed by atoms with Gasteiger partial charge in [-0.3, -0.25) is 0 Å². The summed E-state index contributed by atoms with van der Waals surface area (Å²) in [6.07, 6.45) is 0. The number of aliphatic hydroxyl groups is 1. The molecule has 1 aromatic carbocycles. The average Bonchev–Trinajstić information content (AvgIpc) is 2.20. The van der Waals surface area contributed by atoms with Crippen LogP contribution in [0.25, 0.3) is 0 Å². The lowest BCUT2D eigenvalue weighted by molar-refractivity contribution is 0.264. The van der Waals surface area contributed by atoms with E-state index in [9.17, 15) is 8.78 Å². The number of aliphatic hydroxyl groups excluding tert-OH is 1. The highest BCUT2D eigenvalue weighted by Crippen LogP contribution is 2.27. The summed E-state index contributed by atoms with van der Waals surface area (Å²) in [6, 6.07) is 0. The molecule has 78 valence electrons. The van der Waals surface area contributed by atoms with Gasteiger partial charge in [-0.1, -0.05) is 0 Å². The van der Waals surface area contributed by atoms with Crippen molar-refractivity contribution < 1.29 is 18.6 Å². The Morgan fingerprint density at radius 2 is 1.93 bits per heavy atom. The first-order chi connectivity index (χ1) is 6.54. The fraction of sp³-hybridized carbons (Fsp3) is 0.333. The molecule has 0 saturated heterocycles. The maximum Gasteiger partial charge on any atom is 0.169 e. The van der Waals surface area contributed by atoms with E-state index in [1.54, 1.807) is 0 Å². The normalized spacial score (nSPS) is 10.4. The molecule has 1 atom stereocenters. The molecule has 0 amide bonds. The summed E-state index contributed by atoms with van der Waals surface area (Å²) in [5.41, 5.74) is 0.0159. The lowest BCUT2D eigenvalue weighted by atomic mass is 10.1. The van der Waals surface area contributed by atoms with E-state index in [0.717, 1.165) is 0 Å². The van der Waals surface area contributed by atoms with E-state index >= 15 is 0 Å². The van der Waals surface area contributed by atoms with Crippen LogP contribution in [-0.4, -0.2) is 12.2 Å². The zero-order valence-corrected chi connectivity index (χ0v) is 9.05. The van der Waals surface area contributed by atoms with Gasteiger partial charge in [-0.25, -0.2) is 8.78 Å². The van der Waals surface area contributed by atoms with Gasteiger partial charge in [0.05, 0.1) is 19.3 Å². The SMILES string of the molecule is COc1c(F)c(C)c(P)c(F)c1CO. The molecule has 1 rings (SSSR count). The molecule has 0 aliphatic carbocycles. The second-order valence-electron chi connectivity index (χ2n) is 2.84. The molecule has 0 bridgehead atoms. The van der Waals surface area contributed by atoms with Gasteiger partial charge < -0.3 is 9.84 Å². The highest BCUT2D eigenvalue weighted by Gasteiger charge is 2.20. The van der Waals surface area contributed by atoms with Crippen LogP contribution in [0.5, 0.6) is 5.75 Å². The molecule has 1 N–H and O–H groups in total. The largest absolute Gasteiger partial charge is 0.493 e. The van der Waals surface area contributed by atoms with E-state index < -0.39 is 18.2 Å². The molecule has 0 spiro atoms. The predicted molar refractivity (Wildman–Crippen MR) is 52.9 cm³/mol. The van der Waals surface area contributed by atoms with Crippen molar-refractivity contribution in [3.63, 3.8) is 0 Å². The van der Waals surface area contributed by atoms with Crippen LogP contribution in [-0.2, 0) is 6.61 Å². The van der Waals surface area contributed by atoms with Gasteiger partial charge >= 0.3 is 0 Å². The summed E-state index contributed by atoms with van der Waals surface area (Å²) in [5.74, 6) is -1.51. The number of halogens is 2. The monoisotopic (exact) mass is 220 g/mol. The summed E-state index contributed by atoms with van der Waals surface area (Å²) in [4.78, 5) is 0. The third-order valence-corrected chi connectivity index (χ3v) is 2.76. The number of methoxy groups -OCH3 is 1. The number of ether oxygens (including phenoxy) is 1. The van der Waals surface area contributed by atoms with Gasteiger partial charge in [-0.2, -0.15) is 0 Å². The molecular formula is C9H11F2O2P. The molecule has 0 saturated carbocycles. The highest BCUT2D eigenvalue weighted by molar-refractivity contribution is 7.27. The van der Waals surface area contributed by atoms with E-state index in [4.69, 9.17) is 9.84 Å². The minimum absolute atomic E-state index is 0.118. The van der Waals surface area contributed by atoms with Crippen LogP contribution in [0.15, 0.2) is 0 Å². The Balaban J connectivity index is 3.57. The van der Waals surface area contributed by atoms with Gasteiger partial charge in [-0.05, 0) is 12.5 Å². The van der Waals surface area contributed by atoms with Crippen molar-refractivity contribution in [2.75, 3.05) is 7.11 Å². The van der Waals surface area contributed by atoms with E-state index in [0.29, 0.717) is 0 Å². The van der Waals surface area contributed by atoms with Crippen LogP contribution >= 0.6 is 9.24 Å². The predicted octanol–water partition coefficient (Wildman–Crippen LogP) is 1.27. The molecule has 14 heavy (non-hydrogen) atoms. The summed E-state index contributed by atoms with van der Waals surface area (Å²) in [6.45, 7) is 0.859. The Hall–Kier alpha value is -0.730. The van der Waals surface area contributed by atoms with Crippen molar-refractivity contribution in [1.29, 1.82) is 0 Å². The maximum absolute atomic E-state index is 13.5. The molecule has 0 aliphatic heterocycles. The quantitative estimate of drug-likeness (QED) is 0.760. The van der Waals surface area contributed by atoms with Gasteiger partial charge in [0, 0.05) is 5.30 Å². The van der Waals surface area contributed by atoms with Crippen LogP contribution in [0.3, 0.4) is 0 Å². The van der Waals surface area contributed by atoms with Gasteiger partial charge in [0.2, 0.25) is 0 Å². The van der Waals surface area contributed by atoms with Gasteiger partial charge in [-0.15, -0.1) is 9.24 Å². The first kappa shape index (κ1) is 11.3. The standard InChI is InChI=1S/C9H11F2O2P/c1-4-6(10)8(13-2)5(3-12)7(11)9(4)14/h12H,3,14H2,1-2H3. The topological polar surface area (TPSA) is 29.5 Å². The molecule has 1 aromatic rings. The third-order valence-electron chi connectivity index (χ3n) is 2.07. The van der Waals surface area contributed by atoms with E-state index in [1.165, 1.54) is 14.0 Å². The van der Waals surface area contributed by atoms with E-state index in [2.05, 4.69) is 9.24 Å². The van der Waals surface area contributed by atoms with Crippen LogP contribution in [0.1, 0.15) is 11.1 Å². The maximum atomic E-state index is 13.5. The van der Waals surface area contributed by atoms with Crippen molar-refractivity contribution in [1.82, 2.24) is 0 Å². The Bertz CT molecular complexity index is 332. The van der Waals surface area contributed by atoms with E-state index in [1.807, 2.05) is 0 Å². The molecule has 5 heteroatoms. The van der Waals surface area contributed by atoms with Gasteiger partial charge in [0.15, 0.2) is 11.6 Å². The molecule has 2 nitrogen and oxygen atoms in total. The lowest BCUT2D eigenvalue weighted by Crippen LogP contribution is -2.13. The first-order valence-corrected chi connectivity index (χ1v) is 4.53. The fourth-order valence-corrected chi connectivity index (χ4v) is 1.50. The highest BCUT2D eigenvalue weighted by atomic mass is 31.0. The van der Waals surface area contributed by atoms with Crippen molar-refractivity contribution >= 4 is 14.5 Å². The van der Waals surface area contributed by atoms with Crippen molar-refractivity contribution in [2.24, 2.45) is 0 Å². The number of hydrogen-bond donors (Lipinski definition) is 1. The van der Waals surface area contributed by atoms with Gasteiger partial charge in [0.25, 0.3) is 0 Å². The molecular weight excluding hydrogens is 209 g/mol. The summed E-state index contributed by atoms with van der Waals surface area (Å²) >= 11 is 0. The number of hydrogen-bond acceptors (Lipinski definition) is 2. The van der Waals surface area contributed by atoms with Crippen molar-refractivity contribution in [2.45, 2.75) is 13.5 Å². The third kappa shape index (κ3) is 1.60. The summed E-state index contributed by atoms with van der Waals surface area (Å²) < 4.78 is 31.6. The average molecular weight is 220 g/mol. The molecule has 0 radical (unpaired) electrons. The second kappa shape index (κ2) is 4.20. The minimum atomic E-state index is -0.645. The van der Waals surface area contributed by atoms with Crippen LogP contribution in [0.4, 0.5) is 8.78 Å². The molecule has 0 aliphatic rings. The van der Waals surface area contributed by atoms with Crippen molar-refractivity contribution in [3.8, 4) is 5.75 Å². The number of rotatable bonds is 2. The molecule has 0 aromatic heterocycles. The Morgan fingerprint density at radius 1 is 1.36 bits per heavy atom. The zero-order chi connectivity index (χ0) is 10.9. The first-order valence-electron chi connectivity index (χ1n) is 3.95. The van der Waals surface area contributed by atoms with Crippen LogP contribution in [0.2, 0.25) is 0 Å². The smallest absolute Gasteiger partial charge is 0.169 e. The Kier molecular flexibility index (Phi) is 3.40. The summed E-state index contributed by atoms with van der Waals surface area (Å²) in [7, 11) is 3.34. The Morgan fingerprint density at radius 3 is 2.36 bits per heavy atom. The fourth-order valence-electron chi connectivity index (χ4n) is 1.20. The number of benzene rings is 1. The second-order valence-corrected chi connectivity index (χ2v) is 3.41. The summed E-state index contributed by atoms with van der Waals surface area (Å²) in [5, 5.41) is 8.99. The Labute approximate surface area is 83.1 Å². The van der Waals surface area contributed by atoms with E-state index in [-0.39, 0.29) is 22.2 Å². The molecule has 0 heterocycles. The molecule has 1 unspecified atom stereocenters. The molecule has 0 fully saturated rings. The van der Waals surface area contributed by atoms with Crippen molar-refractivity contribution in [3.05, 3.63) is 22.8 Å². The van der Waals surface area contributed by atoms with Crippen LogP contribution in [0, 0.1) is 18.6 Å². The van der Waals surface area contributed by atoms with Crippen LogP contribution < -0.4 is 10.0 Å². The minimum Gasteiger partial charge on any atom is -0.493 e. The lowest BCUT2D eigenvalue weighted by Gasteiger charge is -2.13. The van der Waals surface area contributed by atoms with Gasteiger partial charge in [0.1, 0.15) is 5.82 Å². The zero-order valence-electron chi connectivity index (χ0n) is 7.90.